The minimum atomic E-state index is -0.316. The van der Waals surface area contributed by atoms with Crippen LogP contribution in [0, 0.1) is 6.92 Å². The fourth-order valence-corrected chi connectivity index (χ4v) is 4.59. The van der Waals surface area contributed by atoms with Crippen LogP contribution < -0.4 is 5.32 Å². The molecular weight excluding hydrogens is 418 g/mol. The molecular formula is C27H24ClN3O. The molecule has 4 nitrogen and oxygen atoms in total. The largest absolute Gasteiger partial charge is 0.334 e. The Morgan fingerprint density at radius 3 is 2.53 bits per heavy atom. The predicted octanol–water partition coefficient (Wildman–Crippen LogP) is 6.25. The second-order valence-corrected chi connectivity index (χ2v) is 8.54. The number of aromatic nitrogens is 1. The number of carbonyl (C=O) groups excluding carboxylic acids is 1. The van der Waals surface area contributed by atoms with E-state index in [4.69, 9.17) is 11.6 Å². The quantitative estimate of drug-likeness (QED) is 0.400. The van der Waals surface area contributed by atoms with Crippen molar-refractivity contribution in [2.75, 3.05) is 0 Å². The van der Waals surface area contributed by atoms with Crippen molar-refractivity contribution in [2.24, 2.45) is 0 Å². The van der Waals surface area contributed by atoms with E-state index in [1.807, 2.05) is 65.7 Å². The van der Waals surface area contributed by atoms with Gasteiger partial charge in [-0.05, 0) is 47.9 Å². The van der Waals surface area contributed by atoms with Gasteiger partial charge >= 0.3 is 6.03 Å². The summed E-state index contributed by atoms with van der Waals surface area (Å²) in [5, 5.41) is 3.77. The Kier molecular flexibility index (Phi) is 5.46. The van der Waals surface area contributed by atoms with E-state index in [0.717, 1.165) is 28.1 Å². The highest BCUT2D eigenvalue weighted by atomic mass is 35.5. The molecule has 0 radical (unpaired) electrons. The van der Waals surface area contributed by atoms with Crippen molar-refractivity contribution in [3.05, 3.63) is 124 Å². The van der Waals surface area contributed by atoms with Crippen molar-refractivity contribution in [1.29, 1.82) is 0 Å². The zero-order chi connectivity index (χ0) is 22.1. The van der Waals surface area contributed by atoms with Crippen LogP contribution in [0.5, 0.6) is 0 Å². The maximum atomic E-state index is 13.6. The third-order valence-corrected chi connectivity index (χ3v) is 6.33. The zero-order valence-electron chi connectivity index (χ0n) is 17.8. The topological polar surface area (TPSA) is 37.3 Å². The number of nitrogens with one attached hydrogen (secondary N) is 1. The lowest BCUT2D eigenvalue weighted by molar-refractivity contribution is 0.180. The van der Waals surface area contributed by atoms with E-state index in [2.05, 4.69) is 47.1 Å². The number of amides is 2. The van der Waals surface area contributed by atoms with Crippen molar-refractivity contribution in [3.63, 3.8) is 0 Å². The summed E-state index contributed by atoms with van der Waals surface area (Å²) in [6.45, 7) is 3.00. The van der Waals surface area contributed by atoms with E-state index >= 15 is 0 Å². The van der Waals surface area contributed by atoms with Crippen LogP contribution in [0.2, 0.25) is 5.02 Å². The highest BCUT2D eigenvalue weighted by molar-refractivity contribution is 6.31. The number of para-hydroxylation sites is 1. The van der Waals surface area contributed by atoms with Crippen molar-refractivity contribution >= 4 is 17.6 Å². The standard InChI is InChI=1S/C27H24ClN3O/c1-19-12-14-20(15-13-19)17-29-27(32)31-18-21-7-2-5-10-24(21)30-16-6-11-25(30)26(31)22-8-3-4-9-23(22)28/h2-16,26H,17-18H2,1H3,(H,29,32). The molecule has 2 amide bonds. The van der Waals surface area contributed by atoms with Crippen LogP contribution in [0.1, 0.15) is 34.0 Å². The molecule has 4 aromatic rings. The lowest BCUT2D eigenvalue weighted by Gasteiger charge is -2.31. The second kappa shape index (κ2) is 8.56. The van der Waals surface area contributed by atoms with Crippen LogP contribution in [0.25, 0.3) is 5.69 Å². The molecule has 1 aliphatic rings. The molecule has 1 unspecified atom stereocenters. The van der Waals surface area contributed by atoms with E-state index in [0.29, 0.717) is 18.1 Å². The number of rotatable bonds is 3. The highest BCUT2D eigenvalue weighted by Crippen LogP contribution is 2.39. The molecule has 0 spiro atoms. The first-order valence-corrected chi connectivity index (χ1v) is 11.1. The Bertz CT molecular complexity index is 1260. The normalized spacial score (nSPS) is 14.9. The van der Waals surface area contributed by atoms with E-state index < -0.39 is 0 Å². The molecule has 0 bridgehead atoms. The summed E-state index contributed by atoms with van der Waals surface area (Å²) in [6.07, 6.45) is 2.05. The van der Waals surface area contributed by atoms with Crippen molar-refractivity contribution in [1.82, 2.24) is 14.8 Å². The van der Waals surface area contributed by atoms with Crippen molar-refractivity contribution in [3.8, 4) is 5.69 Å². The zero-order valence-corrected chi connectivity index (χ0v) is 18.6. The summed E-state index contributed by atoms with van der Waals surface area (Å²) in [6, 6.07) is 27.8. The molecule has 160 valence electrons. The summed E-state index contributed by atoms with van der Waals surface area (Å²) >= 11 is 6.65. The summed E-state index contributed by atoms with van der Waals surface area (Å²) in [5.74, 6) is 0. The third-order valence-electron chi connectivity index (χ3n) is 5.99. The van der Waals surface area contributed by atoms with Gasteiger partial charge < -0.3 is 14.8 Å². The van der Waals surface area contributed by atoms with Gasteiger partial charge in [-0.15, -0.1) is 0 Å². The Morgan fingerprint density at radius 2 is 1.72 bits per heavy atom. The monoisotopic (exact) mass is 441 g/mol. The van der Waals surface area contributed by atoms with Crippen LogP contribution in [0.15, 0.2) is 91.1 Å². The Morgan fingerprint density at radius 1 is 0.969 bits per heavy atom. The molecule has 1 aliphatic heterocycles. The first-order valence-electron chi connectivity index (χ1n) is 10.7. The van der Waals surface area contributed by atoms with Gasteiger partial charge in [0, 0.05) is 17.8 Å². The number of aryl methyl sites for hydroxylation is 1. The molecule has 2 heterocycles. The molecule has 5 heteroatoms. The van der Waals surface area contributed by atoms with Crippen LogP contribution >= 0.6 is 11.6 Å². The van der Waals surface area contributed by atoms with E-state index in [-0.39, 0.29) is 12.1 Å². The van der Waals surface area contributed by atoms with Crippen molar-refractivity contribution in [2.45, 2.75) is 26.1 Å². The van der Waals surface area contributed by atoms with Gasteiger partial charge in [-0.2, -0.15) is 0 Å². The maximum absolute atomic E-state index is 13.6. The minimum absolute atomic E-state index is 0.125. The van der Waals surface area contributed by atoms with Gasteiger partial charge in [-0.25, -0.2) is 4.79 Å². The number of fused-ring (bicyclic) bond motifs is 3. The Labute approximate surface area is 193 Å². The van der Waals surface area contributed by atoms with Crippen LogP contribution in [-0.2, 0) is 13.1 Å². The van der Waals surface area contributed by atoms with E-state index in [9.17, 15) is 4.79 Å². The molecule has 32 heavy (non-hydrogen) atoms. The lowest BCUT2D eigenvalue weighted by atomic mass is 10.0. The van der Waals surface area contributed by atoms with E-state index in [1.54, 1.807) is 0 Å². The highest BCUT2D eigenvalue weighted by Gasteiger charge is 2.33. The van der Waals surface area contributed by atoms with Gasteiger partial charge in [-0.1, -0.05) is 77.8 Å². The summed E-state index contributed by atoms with van der Waals surface area (Å²) < 4.78 is 2.16. The second-order valence-electron chi connectivity index (χ2n) is 8.13. The average molecular weight is 442 g/mol. The SMILES string of the molecule is Cc1ccc(CNC(=O)N2Cc3ccccc3-n3cccc3C2c2ccccc2Cl)cc1. The maximum Gasteiger partial charge on any atom is 0.318 e. The molecule has 1 aromatic heterocycles. The molecule has 5 rings (SSSR count). The van der Waals surface area contributed by atoms with Gasteiger partial charge in [0.2, 0.25) is 0 Å². The molecule has 0 saturated carbocycles. The summed E-state index contributed by atoms with van der Waals surface area (Å²) in [4.78, 5) is 15.5. The fraction of sp³-hybridized carbons (Fsp3) is 0.148. The minimum Gasteiger partial charge on any atom is -0.334 e. The number of hydrogen-bond acceptors (Lipinski definition) is 1. The van der Waals surface area contributed by atoms with Gasteiger partial charge in [-0.3, -0.25) is 0 Å². The molecule has 0 fully saturated rings. The Hall–Kier alpha value is -3.50. The van der Waals surface area contributed by atoms with Crippen LogP contribution in [0.3, 0.4) is 0 Å². The lowest BCUT2D eigenvalue weighted by Crippen LogP contribution is -2.41. The van der Waals surface area contributed by atoms with Gasteiger partial charge in [0.05, 0.1) is 17.9 Å². The number of nitrogens with zero attached hydrogens (tertiary/aromatic N) is 2. The predicted molar refractivity (Wildman–Crippen MR) is 128 cm³/mol. The number of carbonyl (C=O) groups is 1. The molecule has 1 N–H and O–H groups in total. The van der Waals surface area contributed by atoms with Crippen molar-refractivity contribution < 1.29 is 4.79 Å². The first kappa shape index (κ1) is 20.4. The van der Waals surface area contributed by atoms with E-state index in [1.165, 1.54) is 5.56 Å². The first-order chi connectivity index (χ1) is 15.6. The third kappa shape index (κ3) is 3.78. The molecule has 1 atom stereocenters. The van der Waals surface area contributed by atoms with Crippen LogP contribution in [-0.4, -0.2) is 15.5 Å². The number of urea groups is 1. The number of benzene rings is 3. The fourth-order valence-electron chi connectivity index (χ4n) is 4.35. The van der Waals surface area contributed by atoms with Gasteiger partial charge in [0.25, 0.3) is 0 Å². The Balaban J connectivity index is 1.56. The number of hydrogen-bond donors (Lipinski definition) is 1. The molecule has 3 aromatic carbocycles. The summed E-state index contributed by atoms with van der Waals surface area (Å²) in [7, 11) is 0. The summed E-state index contributed by atoms with van der Waals surface area (Å²) in [5.41, 5.74) is 6.35. The van der Waals surface area contributed by atoms with Crippen LogP contribution in [0.4, 0.5) is 4.79 Å². The number of halogens is 1. The molecule has 0 saturated heterocycles. The molecule has 0 aliphatic carbocycles. The smallest absolute Gasteiger partial charge is 0.318 e. The van der Waals surface area contributed by atoms with Gasteiger partial charge in [0.15, 0.2) is 0 Å². The average Bonchev–Trinajstić information content (AvgIpc) is 3.24. The van der Waals surface area contributed by atoms with Gasteiger partial charge in [0.1, 0.15) is 6.04 Å².